The first kappa shape index (κ1) is 23.6. The van der Waals surface area contributed by atoms with E-state index in [0.717, 1.165) is 23.1 Å². The molecule has 1 aliphatic rings. The summed E-state index contributed by atoms with van der Waals surface area (Å²) < 4.78 is 79.4. The lowest BCUT2D eigenvalue weighted by molar-refractivity contribution is -0.143. The third kappa shape index (κ3) is 5.03. The lowest BCUT2D eigenvalue weighted by Gasteiger charge is -2.21. The van der Waals surface area contributed by atoms with E-state index in [9.17, 15) is 35.9 Å². The number of nitrogens with one attached hydrogen (secondary N) is 1. The molecule has 0 bridgehead atoms. The van der Waals surface area contributed by atoms with Crippen LogP contribution in [0.5, 0.6) is 0 Å². The fourth-order valence-electron chi connectivity index (χ4n) is 2.66. The number of benzene rings is 1. The quantitative estimate of drug-likeness (QED) is 0.682. The summed E-state index contributed by atoms with van der Waals surface area (Å²) in [6.07, 6.45) is -9.03. The normalized spacial score (nSPS) is 16.1. The standard InChI is InChI=1S/C17H14F6N6O2S/c1-8(13-24-7-25-29(13)15-27-28(2)12(30)6-32-15)26-14(31)9-3-10(16(18,19)20)5-11(4-9)17(21,22)23/h3-5,7-8H,6H2,1-2H3,(H,26,31). The Morgan fingerprint density at radius 3 is 2.25 bits per heavy atom. The highest BCUT2D eigenvalue weighted by molar-refractivity contribution is 8.14. The number of carbonyl (C=O) groups is 2. The first-order chi connectivity index (χ1) is 14.8. The number of hydrogen-bond acceptors (Lipinski definition) is 6. The molecular weight excluding hydrogens is 466 g/mol. The number of hydrogen-bond donors (Lipinski definition) is 1. The number of alkyl halides is 6. The molecule has 2 aromatic rings. The Hall–Kier alpha value is -3.10. The van der Waals surface area contributed by atoms with E-state index >= 15 is 0 Å². The minimum atomic E-state index is -5.08. The van der Waals surface area contributed by atoms with E-state index in [1.165, 1.54) is 18.7 Å². The van der Waals surface area contributed by atoms with Gasteiger partial charge < -0.3 is 5.32 Å². The van der Waals surface area contributed by atoms with Crippen LogP contribution in [0.25, 0.3) is 0 Å². The smallest absolute Gasteiger partial charge is 0.342 e. The van der Waals surface area contributed by atoms with Gasteiger partial charge in [-0.3, -0.25) is 9.59 Å². The summed E-state index contributed by atoms with van der Waals surface area (Å²) in [6.45, 7) is 1.42. The fourth-order valence-corrected chi connectivity index (χ4v) is 3.54. The van der Waals surface area contributed by atoms with Crippen LogP contribution in [0.1, 0.15) is 40.3 Å². The fraction of sp³-hybridized carbons (Fsp3) is 0.353. The number of halogens is 6. The Kier molecular flexibility index (Phi) is 6.22. The second-order valence-corrected chi connectivity index (χ2v) is 7.55. The Balaban J connectivity index is 1.88. The second-order valence-electron chi connectivity index (χ2n) is 6.61. The van der Waals surface area contributed by atoms with Gasteiger partial charge in [0, 0.05) is 12.6 Å². The molecule has 1 atom stereocenters. The average molecular weight is 480 g/mol. The van der Waals surface area contributed by atoms with Crippen molar-refractivity contribution >= 4 is 28.7 Å². The van der Waals surface area contributed by atoms with E-state index < -0.39 is 41.0 Å². The van der Waals surface area contributed by atoms with Crippen molar-refractivity contribution < 1.29 is 35.9 Å². The summed E-state index contributed by atoms with van der Waals surface area (Å²) in [6, 6.07) is -0.361. The van der Waals surface area contributed by atoms with Crippen molar-refractivity contribution in [3.8, 4) is 0 Å². The van der Waals surface area contributed by atoms with Crippen LogP contribution in [-0.2, 0) is 17.1 Å². The molecular formula is C17H14F6N6O2S. The molecule has 1 aliphatic heterocycles. The number of hydrazone groups is 1. The number of rotatable bonds is 3. The highest BCUT2D eigenvalue weighted by atomic mass is 32.2. The lowest BCUT2D eigenvalue weighted by atomic mass is 10.0. The van der Waals surface area contributed by atoms with Crippen molar-refractivity contribution in [2.45, 2.75) is 25.3 Å². The predicted octanol–water partition coefficient (Wildman–Crippen LogP) is 3.13. The Labute approximate surface area is 180 Å². The molecule has 0 spiro atoms. The van der Waals surface area contributed by atoms with Gasteiger partial charge in [0.05, 0.1) is 22.9 Å². The van der Waals surface area contributed by atoms with Crippen LogP contribution in [0.3, 0.4) is 0 Å². The van der Waals surface area contributed by atoms with Crippen LogP contribution in [0.4, 0.5) is 26.3 Å². The Bertz CT molecular complexity index is 1050. The number of carbonyl (C=O) groups excluding carboxylic acids is 2. The number of nitrogens with zero attached hydrogens (tertiary/aromatic N) is 5. The van der Waals surface area contributed by atoms with Crippen LogP contribution < -0.4 is 5.32 Å². The van der Waals surface area contributed by atoms with Gasteiger partial charge in [-0.1, -0.05) is 11.8 Å². The van der Waals surface area contributed by atoms with Crippen LogP contribution in [-0.4, -0.2) is 49.6 Å². The van der Waals surface area contributed by atoms with E-state index in [1.807, 2.05) is 0 Å². The van der Waals surface area contributed by atoms with Gasteiger partial charge in [-0.25, -0.2) is 9.99 Å². The van der Waals surface area contributed by atoms with E-state index in [-0.39, 0.29) is 28.7 Å². The highest BCUT2D eigenvalue weighted by Crippen LogP contribution is 2.36. The molecule has 8 nitrogen and oxygen atoms in total. The average Bonchev–Trinajstić information content (AvgIpc) is 3.18. The Morgan fingerprint density at radius 2 is 1.72 bits per heavy atom. The molecule has 1 aromatic heterocycles. The molecule has 32 heavy (non-hydrogen) atoms. The van der Waals surface area contributed by atoms with Gasteiger partial charge >= 0.3 is 12.4 Å². The molecule has 0 aliphatic carbocycles. The van der Waals surface area contributed by atoms with E-state index in [2.05, 4.69) is 20.5 Å². The van der Waals surface area contributed by atoms with Crippen molar-refractivity contribution in [3.05, 3.63) is 47.0 Å². The lowest BCUT2D eigenvalue weighted by Crippen LogP contribution is -2.34. The van der Waals surface area contributed by atoms with Crippen LogP contribution in [0.15, 0.2) is 29.6 Å². The second kappa shape index (κ2) is 8.44. The van der Waals surface area contributed by atoms with Crippen molar-refractivity contribution in [1.29, 1.82) is 0 Å². The van der Waals surface area contributed by atoms with Gasteiger partial charge in [0.25, 0.3) is 11.8 Å². The number of aromatic nitrogens is 3. The van der Waals surface area contributed by atoms with Gasteiger partial charge in [0.15, 0.2) is 5.82 Å². The van der Waals surface area contributed by atoms with E-state index in [0.29, 0.717) is 12.1 Å². The maximum Gasteiger partial charge on any atom is 0.416 e. The molecule has 2 amide bonds. The van der Waals surface area contributed by atoms with Gasteiger partial charge in [0.1, 0.15) is 6.33 Å². The molecule has 0 saturated heterocycles. The highest BCUT2D eigenvalue weighted by Gasteiger charge is 2.37. The summed E-state index contributed by atoms with van der Waals surface area (Å²) in [7, 11) is 1.43. The molecule has 1 aromatic carbocycles. The van der Waals surface area contributed by atoms with Gasteiger partial charge in [0.2, 0.25) is 5.17 Å². The summed E-state index contributed by atoms with van der Waals surface area (Å²) in [5.74, 6) is -1.25. The zero-order chi connectivity index (χ0) is 23.8. The zero-order valence-electron chi connectivity index (χ0n) is 16.3. The third-order valence-electron chi connectivity index (χ3n) is 4.26. The van der Waals surface area contributed by atoms with Crippen molar-refractivity contribution in [2.75, 3.05) is 12.8 Å². The third-order valence-corrected chi connectivity index (χ3v) is 5.17. The SMILES string of the molecule is CC(NC(=O)c1cc(C(F)(F)F)cc(C(F)(F)F)c1)c1ncnn1C1=NN(C)C(=O)CS1. The first-order valence-corrected chi connectivity index (χ1v) is 9.74. The molecule has 2 heterocycles. The van der Waals surface area contributed by atoms with Gasteiger partial charge in [-0.15, -0.1) is 5.10 Å². The molecule has 0 radical (unpaired) electrons. The van der Waals surface area contributed by atoms with Gasteiger partial charge in [-0.05, 0) is 25.1 Å². The number of amides is 2. The topological polar surface area (TPSA) is 92.5 Å². The zero-order valence-corrected chi connectivity index (χ0v) is 17.1. The molecule has 3 rings (SSSR count). The van der Waals surface area contributed by atoms with Crippen LogP contribution in [0.2, 0.25) is 0 Å². The molecule has 1 N–H and O–H groups in total. The largest absolute Gasteiger partial charge is 0.416 e. The monoisotopic (exact) mass is 480 g/mol. The van der Waals surface area contributed by atoms with Crippen molar-refractivity contribution in [2.24, 2.45) is 5.10 Å². The number of thioether (sulfide) groups is 1. The Morgan fingerprint density at radius 1 is 1.12 bits per heavy atom. The minimum Gasteiger partial charge on any atom is -0.342 e. The molecule has 15 heteroatoms. The van der Waals surface area contributed by atoms with Crippen LogP contribution >= 0.6 is 11.8 Å². The summed E-state index contributed by atoms with van der Waals surface area (Å²) >= 11 is 1.05. The van der Waals surface area contributed by atoms with Crippen LogP contribution in [0, 0.1) is 0 Å². The molecule has 172 valence electrons. The van der Waals surface area contributed by atoms with Gasteiger partial charge in [-0.2, -0.15) is 36.1 Å². The van der Waals surface area contributed by atoms with Crippen molar-refractivity contribution in [1.82, 2.24) is 25.1 Å². The maximum atomic E-state index is 13.0. The molecule has 0 saturated carbocycles. The molecule has 0 fully saturated rings. The summed E-state index contributed by atoms with van der Waals surface area (Å²) in [4.78, 5) is 28.0. The summed E-state index contributed by atoms with van der Waals surface area (Å²) in [5.41, 5.74) is -4.03. The van der Waals surface area contributed by atoms with E-state index in [4.69, 9.17) is 0 Å². The van der Waals surface area contributed by atoms with Crippen molar-refractivity contribution in [3.63, 3.8) is 0 Å². The minimum absolute atomic E-state index is 0.0624. The maximum absolute atomic E-state index is 13.0. The predicted molar refractivity (Wildman–Crippen MR) is 100 cm³/mol. The summed E-state index contributed by atoms with van der Waals surface area (Å²) in [5, 5.41) is 11.6. The van der Waals surface area contributed by atoms with E-state index in [1.54, 1.807) is 0 Å². The first-order valence-electron chi connectivity index (χ1n) is 8.76. The molecule has 1 unspecified atom stereocenters.